The van der Waals surface area contributed by atoms with Crippen molar-refractivity contribution in [3.05, 3.63) is 66.7 Å². The average Bonchev–Trinajstić information content (AvgIpc) is 3.30. The molecule has 4 N–H and O–H groups in total. The normalized spacial score (nSPS) is 18.0. The maximum Gasteiger partial charge on any atom is 0.220 e. The van der Waals surface area contributed by atoms with Crippen molar-refractivity contribution in [2.24, 2.45) is 11.7 Å². The number of fused-ring (bicyclic) bond motifs is 2. The molecule has 1 saturated carbocycles. The highest BCUT2D eigenvalue weighted by molar-refractivity contribution is 6.00. The van der Waals surface area contributed by atoms with Crippen LogP contribution in [0.15, 0.2) is 60.9 Å². The van der Waals surface area contributed by atoms with Crippen LogP contribution in [0.3, 0.4) is 0 Å². The van der Waals surface area contributed by atoms with E-state index < -0.39 is 5.82 Å². The van der Waals surface area contributed by atoms with Crippen molar-refractivity contribution in [1.29, 1.82) is 0 Å². The van der Waals surface area contributed by atoms with Crippen molar-refractivity contribution in [3.63, 3.8) is 0 Å². The standard InChI is InChI=1S/C27H24FN7O/c28-22-19(12-8-16-9-13-20(33-23(16)22)15-4-2-1-3-5-15)24-21-25(29)31-14-32-27(21)35(34-24)18-10-6-17(7-11-18)26(30)36/h1-5,8-9,12-14,17-18H,6-7,10-11H2,(H2,30,36)(H2,29,31,32). The van der Waals surface area contributed by atoms with Gasteiger partial charge in [0.05, 0.1) is 17.1 Å². The molecule has 9 heteroatoms. The van der Waals surface area contributed by atoms with Gasteiger partial charge < -0.3 is 11.5 Å². The van der Waals surface area contributed by atoms with Crippen LogP contribution in [0.5, 0.6) is 0 Å². The number of halogens is 1. The summed E-state index contributed by atoms with van der Waals surface area (Å²) in [7, 11) is 0. The minimum atomic E-state index is -0.475. The summed E-state index contributed by atoms with van der Waals surface area (Å²) in [6.07, 6.45) is 4.17. The van der Waals surface area contributed by atoms with Gasteiger partial charge in [-0.15, -0.1) is 0 Å². The number of hydrogen-bond donors (Lipinski definition) is 2. The number of carbonyl (C=O) groups is 1. The van der Waals surface area contributed by atoms with Gasteiger partial charge in [0.25, 0.3) is 0 Å². The van der Waals surface area contributed by atoms with Crippen LogP contribution in [0.25, 0.3) is 44.5 Å². The maximum atomic E-state index is 16.1. The Labute approximate surface area is 206 Å². The number of pyridine rings is 1. The number of benzene rings is 2. The lowest BCUT2D eigenvalue weighted by atomic mass is 9.86. The fourth-order valence-corrected chi connectivity index (χ4v) is 5.15. The molecule has 6 rings (SSSR count). The van der Waals surface area contributed by atoms with E-state index in [9.17, 15) is 4.79 Å². The van der Waals surface area contributed by atoms with Gasteiger partial charge in [-0.05, 0) is 37.8 Å². The molecule has 5 aromatic rings. The van der Waals surface area contributed by atoms with Gasteiger partial charge in [0.15, 0.2) is 11.5 Å². The zero-order chi connectivity index (χ0) is 24.8. The quantitative estimate of drug-likeness (QED) is 0.385. The van der Waals surface area contributed by atoms with E-state index in [-0.39, 0.29) is 34.8 Å². The van der Waals surface area contributed by atoms with Crippen LogP contribution < -0.4 is 11.5 Å². The Morgan fingerprint density at radius 2 is 1.72 bits per heavy atom. The van der Waals surface area contributed by atoms with E-state index in [1.165, 1.54) is 6.33 Å². The first-order chi connectivity index (χ1) is 17.5. The molecule has 0 bridgehead atoms. The third-order valence-electron chi connectivity index (χ3n) is 7.09. The van der Waals surface area contributed by atoms with E-state index in [0.29, 0.717) is 40.6 Å². The highest BCUT2D eigenvalue weighted by atomic mass is 19.1. The first kappa shape index (κ1) is 22.1. The third kappa shape index (κ3) is 3.64. The summed E-state index contributed by atoms with van der Waals surface area (Å²) < 4.78 is 17.9. The SMILES string of the molecule is NC(=O)C1CCC(n2nc(-c3ccc4ccc(-c5ccccc5)nc4c3F)c3c(N)ncnc32)CC1. The largest absolute Gasteiger partial charge is 0.383 e. The summed E-state index contributed by atoms with van der Waals surface area (Å²) in [4.78, 5) is 24.8. The van der Waals surface area contributed by atoms with Crippen LogP contribution in [0.2, 0.25) is 0 Å². The zero-order valence-corrected chi connectivity index (χ0v) is 19.4. The molecule has 0 saturated heterocycles. The number of carbonyl (C=O) groups excluding carboxylic acids is 1. The number of primary amides is 1. The van der Waals surface area contributed by atoms with Gasteiger partial charge in [0.2, 0.25) is 5.91 Å². The lowest BCUT2D eigenvalue weighted by molar-refractivity contribution is -0.122. The monoisotopic (exact) mass is 481 g/mol. The van der Waals surface area contributed by atoms with Gasteiger partial charge in [0, 0.05) is 22.4 Å². The van der Waals surface area contributed by atoms with Crippen LogP contribution in [0, 0.1) is 11.7 Å². The van der Waals surface area contributed by atoms with Crippen LogP contribution in [-0.2, 0) is 4.79 Å². The van der Waals surface area contributed by atoms with Crippen LogP contribution in [0.4, 0.5) is 10.2 Å². The Bertz CT molecular complexity index is 1610. The van der Waals surface area contributed by atoms with Gasteiger partial charge in [-0.25, -0.2) is 24.0 Å². The van der Waals surface area contributed by atoms with Crippen molar-refractivity contribution in [2.45, 2.75) is 31.7 Å². The summed E-state index contributed by atoms with van der Waals surface area (Å²) >= 11 is 0. The molecule has 0 unspecified atom stereocenters. The Morgan fingerprint density at radius 1 is 0.972 bits per heavy atom. The Kier molecular flexibility index (Phi) is 5.32. The van der Waals surface area contributed by atoms with Gasteiger partial charge in [-0.2, -0.15) is 5.10 Å². The molecule has 1 amide bonds. The molecule has 0 radical (unpaired) electrons. The number of amides is 1. The minimum absolute atomic E-state index is 0.00234. The Balaban J connectivity index is 1.48. The van der Waals surface area contributed by atoms with Crippen molar-refractivity contribution in [1.82, 2.24) is 24.7 Å². The van der Waals surface area contributed by atoms with E-state index in [2.05, 4.69) is 15.0 Å². The maximum absolute atomic E-state index is 16.1. The molecule has 1 aliphatic carbocycles. The number of nitrogens with zero attached hydrogens (tertiary/aromatic N) is 5. The number of aromatic nitrogens is 5. The summed E-state index contributed by atoms with van der Waals surface area (Å²) in [6.45, 7) is 0. The van der Waals surface area contributed by atoms with Gasteiger partial charge >= 0.3 is 0 Å². The minimum Gasteiger partial charge on any atom is -0.383 e. The van der Waals surface area contributed by atoms with Crippen LogP contribution in [-0.4, -0.2) is 30.6 Å². The van der Waals surface area contributed by atoms with E-state index >= 15 is 4.39 Å². The molecule has 1 aliphatic rings. The predicted octanol–water partition coefficient (Wildman–Crippen LogP) is 4.65. The van der Waals surface area contributed by atoms with Gasteiger partial charge in [-0.3, -0.25) is 4.79 Å². The van der Waals surface area contributed by atoms with Crippen molar-refractivity contribution >= 4 is 33.7 Å². The second-order valence-electron chi connectivity index (χ2n) is 9.22. The molecule has 3 heterocycles. The summed E-state index contributed by atoms with van der Waals surface area (Å²) in [6, 6.07) is 16.9. The lowest BCUT2D eigenvalue weighted by Crippen LogP contribution is -2.28. The fourth-order valence-electron chi connectivity index (χ4n) is 5.15. The number of nitrogen functional groups attached to an aromatic ring is 1. The molecule has 2 aromatic carbocycles. The molecule has 36 heavy (non-hydrogen) atoms. The predicted molar refractivity (Wildman–Crippen MR) is 136 cm³/mol. The first-order valence-corrected chi connectivity index (χ1v) is 11.9. The molecule has 0 aliphatic heterocycles. The Hall–Kier alpha value is -4.40. The fraction of sp³-hybridized carbons (Fsp3) is 0.222. The number of nitrogens with two attached hydrogens (primary N) is 2. The highest BCUT2D eigenvalue weighted by Crippen LogP contribution is 2.39. The zero-order valence-electron chi connectivity index (χ0n) is 19.4. The molecule has 8 nitrogen and oxygen atoms in total. The molecular weight excluding hydrogens is 457 g/mol. The van der Waals surface area contributed by atoms with E-state index in [1.54, 1.807) is 10.7 Å². The molecule has 1 fully saturated rings. The molecule has 0 spiro atoms. The van der Waals surface area contributed by atoms with Crippen LogP contribution >= 0.6 is 0 Å². The van der Waals surface area contributed by atoms with Crippen molar-refractivity contribution < 1.29 is 9.18 Å². The van der Waals surface area contributed by atoms with Gasteiger partial charge in [0.1, 0.15) is 23.4 Å². The van der Waals surface area contributed by atoms with Gasteiger partial charge in [-0.1, -0.05) is 42.5 Å². The summed E-state index contributed by atoms with van der Waals surface area (Å²) in [5.41, 5.74) is 14.8. The molecule has 3 aromatic heterocycles. The van der Waals surface area contributed by atoms with E-state index in [4.69, 9.17) is 16.6 Å². The van der Waals surface area contributed by atoms with Crippen molar-refractivity contribution in [3.8, 4) is 22.5 Å². The molecular formula is C27H24FN7O. The first-order valence-electron chi connectivity index (χ1n) is 11.9. The lowest BCUT2D eigenvalue weighted by Gasteiger charge is -2.27. The molecule has 180 valence electrons. The second-order valence-corrected chi connectivity index (χ2v) is 9.22. The highest BCUT2D eigenvalue weighted by Gasteiger charge is 2.29. The number of anilines is 1. The smallest absolute Gasteiger partial charge is 0.220 e. The topological polar surface area (TPSA) is 126 Å². The Morgan fingerprint density at radius 3 is 2.47 bits per heavy atom. The summed E-state index contributed by atoms with van der Waals surface area (Å²) in [5.74, 6) is -0.646. The van der Waals surface area contributed by atoms with Crippen LogP contribution in [0.1, 0.15) is 31.7 Å². The van der Waals surface area contributed by atoms with E-state index in [0.717, 1.165) is 18.4 Å². The summed E-state index contributed by atoms with van der Waals surface area (Å²) in [5, 5.41) is 6.01. The number of hydrogen-bond acceptors (Lipinski definition) is 6. The van der Waals surface area contributed by atoms with E-state index in [1.807, 2.05) is 48.5 Å². The molecule has 0 atom stereocenters. The average molecular weight is 482 g/mol. The third-order valence-corrected chi connectivity index (χ3v) is 7.09. The second kappa shape index (κ2) is 8.67. The van der Waals surface area contributed by atoms with Crippen molar-refractivity contribution in [2.75, 3.05) is 5.73 Å². The number of rotatable bonds is 4.